The number of nitrogens with one attached hydrogen (secondary N) is 1. The van der Waals surface area contributed by atoms with Gasteiger partial charge in [0.25, 0.3) is 0 Å². The van der Waals surface area contributed by atoms with Crippen LogP contribution in [0.2, 0.25) is 0 Å². The second-order valence-corrected chi connectivity index (χ2v) is 7.27. The van der Waals surface area contributed by atoms with Gasteiger partial charge in [-0.25, -0.2) is 4.98 Å². The molecule has 1 aromatic heterocycles. The molecule has 1 aromatic carbocycles. The lowest BCUT2D eigenvalue weighted by molar-refractivity contribution is -0.122. The van der Waals surface area contributed by atoms with Gasteiger partial charge in [0.05, 0.1) is 17.8 Å². The molecule has 0 radical (unpaired) electrons. The van der Waals surface area contributed by atoms with Gasteiger partial charge in [-0.05, 0) is 42.7 Å². The lowest BCUT2D eigenvalue weighted by Gasteiger charge is -2.17. The van der Waals surface area contributed by atoms with Crippen molar-refractivity contribution in [2.75, 3.05) is 42.0 Å². The Morgan fingerprint density at radius 2 is 1.96 bits per heavy atom. The van der Waals surface area contributed by atoms with Crippen molar-refractivity contribution in [2.24, 2.45) is 5.92 Å². The molecule has 1 atom stereocenters. The van der Waals surface area contributed by atoms with Gasteiger partial charge in [0, 0.05) is 37.6 Å². The van der Waals surface area contributed by atoms with Gasteiger partial charge in [-0.3, -0.25) is 9.59 Å². The van der Waals surface area contributed by atoms with E-state index in [0.29, 0.717) is 12.2 Å². The summed E-state index contributed by atoms with van der Waals surface area (Å²) in [5.41, 5.74) is 1.47. The maximum atomic E-state index is 12.5. The second-order valence-electron chi connectivity index (χ2n) is 6.39. The molecule has 2 aromatic rings. The number of amides is 2. The maximum Gasteiger partial charge on any atom is 0.229 e. The number of aromatic nitrogens is 1. The van der Waals surface area contributed by atoms with E-state index in [-0.39, 0.29) is 24.2 Å². The molecule has 1 saturated heterocycles. The summed E-state index contributed by atoms with van der Waals surface area (Å²) in [5.74, 6) is 0.277. The highest BCUT2D eigenvalue weighted by Crippen LogP contribution is 2.27. The number of pyridine rings is 1. The monoisotopic (exact) mass is 370 g/mol. The molecule has 0 saturated carbocycles. The number of hydrogen-bond donors (Lipinski definition) is 1. The van der Waals surface area contributed by atoms with Crippen LogP contribution >= 0.6 is 11.8 Å². The van der Waals surface area contributed by atoms with Crippen LogP contribution in [0.3, 0.4) is 0 Å². The van der Waals surface area contributed by atoms with E-state index < -0.39 is 0 Å². The van der Waals surface area contributed by atoms with E-state index in [1.54, 1.807) is 22.9 Å². The van der Waals surface area contributed by atoms with E-state index in [2.05, 4.69) is 10.3 Å². The summed E-state index contributed by atoms with van der Waals surface area (Å²) < 4.78 is 0. The fourth-order valence-corrected chi connectivity index (χ4v) is 3.27. The van der Waals surface area contributed by atoms with E-state index in [9.17, 15) is 9.59 Å². The molecule has 1 N–H and O–H groups in total. The summed E-state index contributed by atoms with van der Waals surface area (Å²) in [7, 11) is 3.82. The lowest BCUT2D eigenvalue weighted by Crippen LogP contribution is -2.28. The molecule has 2 amide bonds. The molecule has 26 heavy (non-hydrogen) atoms. The number of anilines is 3. The van der Waals surface area contributed by atoms with Gasteiger partial charge < -0.3 is 15.1 Å². The zero-order chi connectivity index (χ0) is 18.7. The van der Waals surface area contributed by atoms with Gasteiger partial charge in [0.1, 0.15) is 5.82 Å². The van der Waals surface area contributed by atoms with Crippen LogP contribution in [0.5, 0.6) is 0 Å². The van der Waals surface area contributed by atoms with Gasteiger partial charge in [-0.2, -0.15) is 0 Å². The molecule has 2 heterocycles. The molecule has 0 bridgehead atoms. The molecular weight excluding hydrogens is 348 g/mol. The minimum absolute atomic E-state index is 0.0249. The number of benzene rings is 1. The first-order valence-corrected chi connectivity index (χ1v) is 9.59. The number of nitrogens with zero attached hydrogens (tertiary/aromatic N) is 3. The Labute approximate surface area is 157 Å². The van der Waals surface area contributed by atoms with E-state index >= 15 is 0 Å². The molecule has 136 valence electrons. The SMILES string of the molecule is CSc1ccc(N2CC(C(=O)Nc3ccc(N(C)C)nc3)CC2=O)cc1. The smallest absolute Gasteiger partial charge is 0.229 e. The molecule has 6 nitrogen and oxygen atoms in total. The lowest BCUT2D eigenvalue weighted by atomic mass is 10.1. The van der Waals surface area contributed by atoms with E-state index in [0.717, 1.165) is 16.4 Å². The van der Waals surface area contributed by atoms with Gasteiger partial charge >= 0.3 is 0 Å². The Bertz CT molecular complexity index is 790. The number of carbonyl (C=O) groups excluding carboxylic acids is 2. The number of rotatable bonds is 5. The summed E-state index contributed by atoms with van der Waals surface area (Å²) in [4.78, 5) is 33.9. The van der Waals surface area contributed by atoms with Gasteiger partial charge in [0.2, 0.25) is 11.8 Å². The van der Waals surface area contributed by atoms with Crippen molar-refractivity contribution in [3.05, 3.63) is 42.6 Å². The van der Waals surface area contributed by atoms with E-state index in [1.807, 2.05) is 61.6 Å². The van der Waals surface area contributed by atoms with Crippen molar-refractivity contribution in [2.45, 2.75) is 11.3 Å². The Morgan fingerprint density at radius 1 is 1.23 bits per heavy atom. The van der Waals surface area contributed by atoms with E-state index in [4.69, 9.17) is 0 Å². The summed E-state index contributed by atoms with van der Waals surface area (Å²) in [6.07, 6.45) is 3.86. The van der Waals surface area contributed by atoms with Crippen LogP contribution in [0, 0.1) is 5.92 Å². The molecule has 1 fully saturated rings. The fourth-order valence-electron chi connectivity index (χ4n) is 2.86. The average molecular weight is 370 g/mol. The summed E-state index contributed by atoms with van der Waals surface area (Å²) >= 11 is 1.65. The summed E-state index contributed by atoms with van der Waals surface area (Å²) in [6.45, 7) is 0.395. The van der Waals surface area contributed by atoms with Crippen molar-refractivity contribution in [3.63, 3.8) is 0 Å². The van der Waals surface area contributed by atoms with Crippen LogP contribution in [0.25, 0.3) is 0 Å². The van der Waals surface area contributed by atoms with Crippen LogP contribution in [-0.2, 0) is 9.59 Å². The standard InChI is InChI=1S/C19H22N4O2S/c1-22(2)17-9-4-14(11-20-17)21-19(25)13-10-18(24)23(12-13)15-5-7-16(26-3)8-6-15/h4-9,11,13H,10,12H2,1-3H3,(H,21,25). The molecule has 7 heteroatoms. The predicted molar refractivity (Wildman–Crippen MR) is 106 cm³/mol. The van der Waals surface area contributed by atoms with Crippen molar-refractivity contribution in [1.82, 2.24) is 4.98 Å². The molecule has 0 spiro atoms. The molecular formula is C19H22N4O2S. The van der Waals surface area contributed by atoms with Crippen LogP contribution in [0.1, 0.15) is 6.42 Å². The van der Waals surface area contributed by atoms with Gasteiger partial charge in [-0.1, -0.05) is 0 Å². The molecule has 1 aliphatic rings. The van der Waals surface area contributed by atoms with Crippen LogP contribution in [-0.4, -0.2) is 43.7 Å². The maximum absolute atomic E-state index is 12.5. The first-order valence-electron chi connectivity index (χ1n) is 8.36. The molecule has 1 aliphatic heterocycles. The van der Waals surface area contributed by atoms with Crippen LogP contribution < -0.4 is 15.1 Å². The zero-order valence-corrected chi connectivity index (χ0v) is 15.9. The first kappa shape index (κ1) is 18.3. The molecule has 1 unspecified atom stereocenters. The number of carbonyl (C=O) groups is 2. The highest BCUT2D eigenvalue weighted by molar-refractivity contribution is 7.98. The van der Waals surface area contributed by atoms with Crippen molar-refractivity contribution in [1.29, 1.82) is 0 Å². The second kappa shape index (κ2) is 7.78. The van der Waals surface area contributed by atoms with Gasteiger partial charge in [0.15, 0.2) is 0 Å². The molecule has 0 aliphatic carbocycles. The number of hydrogen-bond acceptors (Lipinski definition) is 5. The van der Waals surface area contributed by atoms with Crippen molar-refractivity contribution >= 4 is 40.8 Å². The van der Waals surface area contributed by atoms with Crippen molar-refractivity contribution in [3.8, 4) is 0 Å². The van der Waals surface area contributed by atoms with Crippen molar-refractivity contribution < 1.29 is 9.59 Å². The highest BCUT2D eigenvalue weighted by Gasteiger charge is 2.35. The minimum atomic E-state index is -0.365. The Balaban J connectivity index is 1.64. The average Bonchev–Trinajstić information content (AvgIpc) is 3.04. The zero-order valence-electron chi connectivity index (χ0n) is 15.1. The third-order valence-corrected chi connectivity index (χ3v) is 5.10. The third kappa shape index (κ3) is 3.99. The summed E-state index contributed by atoms with van der Waals surface area (Å²) in [6, 6.07) is 11.5. The Hall–Kier alpha value is -2.54. The number of thioether (sulfide) groups is 1. The summed E-state index contributed by atoms with van der Waals surface area (Å²) in [5, 5.41) is 2.86. The highest BCUT2D eigenvalue weighted by atomic mass is 32.2. The fraction of sp³-hybridized carbons (Fsp3) is 0.316. The van der Waals surface area contributed by atoms with Gasteiger partial charge in [-0.15, -0.1) is 11.8 Å². The van der Waals surface area contributed by atoms with Crippen LogP contribution in [0.15, 0.2) is 47.5 Å². The minimum Gasteiger partial charge on any atom is -0.363 e. The molecule has 3 rings (SSSR count). The predicted octanol–water partition coefficient (Wildman–Crippen LogP) is 2.86. The largest absolute Gasteiger partial charge is 0.363 e. The Morgan fingerprint density at radius 3 is 2.54 bits per heavy atom. The van der Waals surface area contributed by atoms with Crippen LogP contribution in [0.4, 0.5) is 17.2 Å². The van der Waals surface area contributed by atoms with E-state index in [1.165, 1.54) is 0 Å². The Kier molecular flexibility index (Phi) is 5.46. The topological polar surface area (TPSA) is 65.5 Å². The first-order chi connectivity index (χ1) is 12.5. The third-order valence-electron chi connectivity index (χ3n) is 4.35. The quantitative estimate of drug-likeness (QED) is 0.820. The normalized spacial score (nSPS) is 16.7.